The molecular weight excluding hydrogens is 294 g/mol. The number of benzene rings is 1. The van der Waals surface area contributed by atoms with Gasteiger partial charge in [0.1, 0.15) is 0 Å². The van der Waals surface area contributed by atoms with Gasteiger partial charge in [-0.1, -0.05) is 6.42 Å². The minimum absolute atomic E-state index is 0.0784. The molecule has 6 nitrogen and oxygen atoms in total. The minimum atomic E-state index is -0.417. The molecule has 2 aliphatic rings. The van der Waals surface area contributed by atoms with Crippen molar-refractivity contribution in [3.05, 3.63) is 34.4 Å². The van der Waals surface area contributed by atoms with Gasteiger partial charge in [-0.3, -0.25) is 14.9 Å². The zero-order valence-corrected chi connectivity index (χ0v) is 13.2. The molecule has 0 unspecified atom stereocenters. The van der Waals surface area contributed by atoms with Crippen molar-refractivity contribution < 1.29 is 9.72 Å². The van der Waals surface area contributed by atoms with Gasteiger partial charge in [0.15, 0.2) is 0 Å². The van der Waals surface area contributed by atoms with E-state index in [1.165, 1.54) is 37.8 Å². The molecule has 2 saturated carbocycles. The average Bonchev–Trinajstić information content (AvgIpc) is 3.15. The molecule has 0 saturated heterocycles. The molecule has 23 heavy (non-hydrogen) atoms. The molecule has 0 spiro atoms. The highest BCUT2D eigenvalue weighted by atomic mass is 16.6. The number of amides is 1. The summed E-state index contributed by atoms with van der Waals surface area (Å²) >= 11 is 0. The van der Waals surface area contributed by atoms with E-state index in [9.17, 15) is 14.9 Å². The Kier molecular flexibility index (Phi) is 4.79. The van der Waals surface area contributed by atoms with Crippen molar-refractivity contribution in [2.45, 2.75) is 32.1 Å². The van der Waals surface area contributed by atoms with Gasteiger partial charge in [0, 0.05) is 37.3 Å². The summed E-state index contributed by atoms with van der Waals surface area (Å²) in [5, 5.41) is 16.7. The first-order chi connectivity index (χ1) is 11.1. The number of hydrogen-bond donors (Lipinski definition) is 2. The summed E-state index contributed by atoms with van der Waals surface area (Å²) < 4.78 is 0. The SMILES string of the molecule is O=C(C[C@@H]1C[C@H]2CC[C@@H]1C2)NCCNc1ccc([N+](=O)[O-])cc1. The van der Waals surface area contributed by atoms with E-state index in [0.717, 1.165) is 17.5 Å². The van der Waals surface area contributed by atoms with Gasteiger partial charge in [0.05, 0.1) is 4.92 Å². The van der Waals surface area contributed by atoms with Crippen molar-refractivity contribution in [3.8, 4) is 0 Å². The first-order valence-electron chi connectivity index (χ1n) is 8.37. The van der Waals surface area contributed by atoms with Crippen molar-refractivity contribution >= 4 is 17.3 Å². The Morgan fingerprint density at radius 3 is 2.57 bits per heavy atom. The number of nitro benzene ring substituents is 1. The summed E-state index contributed by atoms with van der Waals surface area (Å²) in [6.45, 7) is 1.18. The van der Waals surface area contributed by atoms with Crippen LogP contribution in [0.1, 0.15) is 32.1 Å². The Hall–Kier alpha value is -2.11. The maximum atomic E-state index is 12.0. The van der Waals surface area contributed by atoms with E-state index in [-0.39, 0.29) is 11.6 Å². The fourth-order valence-corrected chi connectivity index (χ4v) is 4.05. The molecule has 3 rings (SSSR count). The van der Waals surface area contributed by atoms with Crippen LogP contribution in [-0.4, -0.2) is 23.9 Å². The van der Waals surface area contributed by atoms with E-state index < -0.39 is 4.92 Å². The predicted molar refractivity (Wildman–Crippen MR) is 88.2 cm³/mol. The second kappa shape index (κ2) is 6.98. The summed E-state index contributed by atoms with van der Waals surface area (Å²) in [5.41, 5.74) is 0.896. The van der Waals surface area contributed by atoms with Crippen LogP contribution in [0, 0.1) is 27.9 Å². The number of non-ortho nitro benzene ring substituents is 1. The molecule has 0 aliphatic heterocycles. The van der Waals surface area contributed by atoms with Crippen molar-refractivity contribution in [2.75, 3.05) is 18.4 Å². The number of fused-ring (bicyclic) bond motifs is 2. The first-order valence-corrected chi connectivity index (χ1v) is 8.37. The number of nitrogens with one attached hydrogen (secondary N) is 2. The summed E-state index contributed by atoms with van der Waals surface area (Å²) in [5.74, 6) is 2.40. The lowest BCUT2D eigenvalue weighted by Crippen LogP contribution is -2.31. The van der Waals surface area contributed by atoms with Crippen molar-refractivity contribution in [1.82, 2.24) is 5.32 Å². The molecule has 3 atom stereocenters. The third kappa shape index (κ3) is 4.00. The highest BCUT2D eigenvalue weighted by Gasteiger charge is 2.39. The quantitative estimate of drug-likeness (QED) is 0.460. The van der Waals surface area contributed by atoms with Crippen LogP contribution in [-0.2, 0) is 4.79 Å². The number of anilines is 1. The lowest BCUT2D eigenvalue weighted by Gasteiger charge is -2.20. The van der Waals surface area contributed by atoms with E-state index in [4.69, 9.17) is 0 Å². The van der Waals surface area contributed by atoms with Crippen LogP contribution < -0.4 is 10.6 Å². The number of rotatable bonds is 7. The Bertz CT molecular complexity index is 573. The van der Waals surface area contributed by atoms with E-state index in [2.05, 4.69) is 10.6 Å². The largest absolute Gasteiger partial charge is 0.383 e. The minimum Gasteiger partial charge on any atom is -0.383 e. The summed E-state index contributed by atoms with van der Waals surface area (Å²) in [6, 6.07) is 6.29. The highest BCUT2D eigenvalue weighted by molar-refractivity contribution is 5.76. The summed E-state index contributed by atoms with van der Waals surface area (Å²) in [6.07, 6.45) is 5.91. The molecule has 0 radical (unpaired) electrons. The maximum absolute atomic E-state index is 12.0. The van der Waals surface area contributed by atoms with Gasteiger partial charge in [-0.25, -0.2) is 0 Å². The van der Waals surface area contributed by atoms with Crippen LogP contribution in [0.15, 0.2) is 24.3 Å². The van der Waals surface area contributed by atoms with Crippen LogP contribution in [0.25, 0.3) is 0 Å². The van der Waals surface area contributed by atoms with Crippen LogP contribution in [0.5, 0.6) is 0 Å². The van der Waals surface area contributed by atoms with Crippen LogP contribution in [0.2, 0.25) is 0 Å². The van der Waals surface area contributed by atoms with Gasteiger partial charge in [-0.15, -0.1) is 0 Å². The van der Waals surface area contributed by atoms with Gasteiger partial charge in [0.25, 0.3) is 5.69 Å². The van der Waals surface area contributed by atoms with Gasteiger partial charge in [-0.05, 0) is 49.1 Å². The standard InChI is InChI=1S/C17H23N3O3/c21-17(11-14-10-12-1-2-13(14)9-12)19-8-7-18-15-3-5-16(6-4-15)20(22)23/h3-6,12-14,18H,1-2,7-11H2,(H,19,21)/t12-,13+,14-/m0/s1. The lowest BCUT2D eigenvalue weighted by molar-refractivity contribution is -0.384. The third-order valence-electron chi connectivity index (χ3n) is 5.19. The summed E-state index contributed by atoms with van der Waals surface area (Å²) in [7, 11) is 0. The predicted octanol–water partition coefficient (Wildman–Crippen LogP) is 2.95. The van der Waals surface area contributed by atoms with Gasteiger partial charge in [0.2, 0.25) is 5.91 Å². The van der Waals surface area contributed by atoms with Crippen molar-refractivity contribution in [3.63, 3.8) is 0 Å². The molecule has 2 fully saturated rings. The Labute approximate surface area is 135 Å². The molecule has 6 heteroatoms. The number of nitro groups is 1. The highest BCUT2D eigenvalue weighted by Crippen LogP contribution is 2.49. The van der Waals surface area contributed by atoms with E-state index in [0.29, 0.717) is 25.4 Å². The van der Waals surface area contributed by atoms with Crippen LogP contribution in [0.4, 0.5) is 11.4 Å². The van der Waals surface area contributed by atoms with Crippen LogP contribution in [0.3, 0.4) is 0 Å². The molecule has 1 aromatic carbocycles. The van der Waals surface area contributed by atoms with Gasteiger partial charge < -0.3 is 10.6 Å². The Balaban J connectivity index is 1.33. The van der Waals surface area contributed by atoms with Crippen molar-refractivity contribution in [1.29, 1.82) is 0 Å². The fourth-order valence-electron chi connectivity index (χ4n) is 4.05. The molecule has 0 aromatic heterocycles. The van der Waals surface area contributed by atoms with Crippen molar-refractivity contribution in [2.24, 2.45) is 17.8 Å². The summed E-state index contributed by atoms with van der Waals surface area (Å²) in [4.78, 5) is 22.2. The Morgan fingerprint density at radius 1 is 1.17 bits per heavy atom. The molecular formula is C17H23N3O3. The molecule has 2 aliphatic carbocycles. The number of carbonyl (C=O) groups excluding carboxylic acids is 1. The topological polar surface area (TPSA) is 84.3 Å². The Morgan fingerprint density at radius 2 is 1.96 bits per heavy atom. The van der Waals surface area contributed by atoms with E-state index in [1.807, 2.05) is 0 Å². The molecule has 2 N–H and O–H groups in total. The second-order valence-corrected chi connectivity index (χ2v) is 6.72. The zero-order chi connectivity index (χ0) is 16.2. The van der Waals surface area contributed by atoms with E-state index >= 15 is 0 Å². The average molecular weight is 317 g/mol. The molecule has 2 bridgehead atoms. The van der Waals surface area contributed by atoms with Gasteiger partial charge in [-0.2, -0.15) is 0 Å². The normalized spacial score (nSPS) is 25.3. The van der Waals surface area contributed by atoms with Crippen LogP contribution >= 0.6 is 0 Å². The number of hydrogen-bond acceptors (Lipinski definition) is 4. The fraction of sp³-hybridized carbons (Fsp3) is 0.588. The molecule has 124 valence electrons. The zero-order valence-electron chi connectivity index (χ0n) is 13.2. The number of nitrogens with zero attached hydrogens (tertiary/aromatic N) is 1. The van der Waals surface area contributed by atoms with Gasteiger partial charge >= 0.3 is 0 Å². The van der Waals surface area contributed by atoms with E-state index in [1.54, 1.807) is 12.1 Å². The third-order valence-corrected chi connectivity index (χ3v) is 5.19. The monoisotopic (exact) mass is 317 g/mol. The molecule has 0 heterocycles. The number of carbonyl (C=O) groups is 1. The molecule has 1 amide bonds. The molecule has 1 aromatic rings. The maximum Gasteiger partial charge on any atom is 0.269 e. The first kappa shape index (κ1) is 15.8. The lowest BCUT2D eigenvalue weighted by atomic mass is 9.86. The second-order valence-electron chi connectivity index (χ2n) is 6.72. The smallest absolute Gasteiger partial charge is 0.269 e.